The lowest BCUT2D eigenvalue weighted by Crippen LogP contribution is -2.43. The van der Waals surface area contributed by atoms with Gasteiger partial charge in [0.25, 0.3) is 5.97 Å². The molecular weight excluding hydrogens is 268 g/mol. The lowest BCUT2D eigenvalue weighted by molar-refractivity contribution is -0.317. The van der Waals surface area contributed by atoms with E-state index in [0.29, 0.717) is 0 Å². The molecule has 0 fully saturated rings. The standard InChI is InChI=1S/C9H14O10/c10-5(11)3-8(15,7(13)14)4-6(12)19-2-1-9(16,17)18/h15-18H,1-4H2,(H,10,11)(H,13,14). The van der Waals surface area contributed by atoms with Gasteiger partial charge in [0, 0.05) is 0 Å². The highest BCUT2D eigenvalue weighted by molar-refractivity contribution is 5.88. The first-order chi connectivity index (χ1) is 8.46. The Bertz CT molecular complexity index is 357. The molecule has 0 aromatic rings. The van der Waals surface area contributed by atoms with E-state index >= 15 is 0 Å². The highest BCUT2D eigenvalue weighted by atomic mass is 16.7. The molecule has 0 radical (unpaired) electrons. The first kappa shape index (κ1) is 17.2. The summed E-state index contributed by atoms with van der Waals surface area (Å²) in [5.74, 6) is -7.86. The van der Waals surface area contributed by atoms with Gasteiger partial charge in [-0.3, -0.25) is 9.59 Å². The van der Waals surface area contributed by atoms with E-state index in [9.17, 15) is 19.5 Å². The fraction of sp³-hybridized carbons (Fsp3) is 0.667. The van der Waals surface area contributed by atoms with Gasteiger partial charge in [0.15, 0.2) is 5.60 Å². The van der Waals surface area contributed by atoms with Crippen molar-refractivity contribution in [2.24, 2.45) is 0 Å². The van der Waals surface area contributed by atoms with Crippen molar-refractivity contribution in [3.05, 3.63) is 0 Å². The van der Waals surface area contributed by atoms with Crippen LogP contribution in [0.1, 0.15) is 19.3 Å². The lowest BCUT2D eigenvalue weighted by Gasteiger charge is -2.20. The minimum absolute atomic E-state index is 0.662. The second kappa shape index (κ2) is 6.43. The maximum atomic E-state index is 11.1. The van der Waals surface area contributed by atoms with Crippen molar-refractivity contribution >= 4 is 17.9 Å². The molecule has 0 aliphatic carbocycles. The summed E-state index contributed by atoms with van der Waals surface area (Å²) in [7, 11) is 0. The van der Waals surface area contributed by atoms with E-state index in [1.54, 1.807) is 0 Å². The maximum Gasteiger partial charge on any atom is 0.336 e. The largest absolute Gasteiger partial charge is 0.481 e. The number of carbonyl (C=O) groups is 3. The molecule has 0 saturated heterocycles. The number of ether oxygens (including phenoxy) is 1. The second-order valence-electron chi connectivity index (χ2n) is 3.83. The molecule has 0 aliphatic rings. The number of carbonyl (C=O) groups excluding carboxylic acids is 1. The summed E-state index contributed by atoms with van der Waals surface area (Å²) in [5.41, 5.74) is -2.82. The Kier molecular flexibility index (Phi) is 5.83. The van der Waals surface area contributed by atoms with Crippen LogP contribution in [-0.4, -0.2) is 66.7 Å². The zero-order valence-corrected chi connectivity index (χ0v) is 9.64. The van der Waals surface area contributed by atoms with E-state index in [-0.39, 0.29) is 0 Å². The number of carboxylic acid groups (broad SMARTS) is 2. The fourth-order valence-electron chi connectivity index (χ4n) is 1.06. The Labute approximate surface area is 106 Å². The van der Waals surface area contributed by atoms with Gasteiger partial charge in [-0.05, 0) is 0 Å². The Morgan fingerprint density at radius 3 is 1.84 bits per heavy atom. The highest BCUT2D eigenvalue weighted by Crippen LogP contribution is 2.17. The average molecular weight is 282 g/mol. The second-order valence-corrected chi connectivity index (χ2v) is 3.83. The first-order valence-corrected chi connectivity index (χ1v) is 4.96. The molecule has 10 nitrogen and oxygen atoms in total. The van der Waals surface area contributed by atoms with Gasteiger partial charge < -0.3 is 35.4 Å². The van der Waals surface area contributed by atoms with Gasteiger partial charge in [-0.1, -0.05) is 0 Å². The molecule has 110 valence electrons. The normalized spacial score (nSPS) is 14.5. The van der Waals surface area contributed by atoms with Crippen molar-refractivity contribution < 1.29 is 49.8 Å². The maximum absolute atomic E-state index is 11.1. The van der Waals surface area contributed by atoms with Crippen LogP contribution in [0.4, 0.5) is 0 Å². The van der Waals surface area contributed by atoms with Crippen molar-refractivity contribution in [2.45, 2.75) is 30.8 Å². The van der Waals surface area contributed by atoms with Gasteiger partial charge in [0.05, 0.1) is 25.9 Å². The van der Waals surface area contributed by atoms with Crippen LogP contribution in [0, 0.1) is 0 Å². The number of carboxylic acids is 2. The zero-order chi connectivity index (χ0) is 15.3. The van der Waals surface area contributed by atoms with Crippen LogP contribution in [-0.2, 0) is 19.1 Å². The van der Waals surface area contributed by atoms with Gasteiger partial charge >= 0.3 is 17.9 Å². The summed E-state index contributed by atoms with van der Waals surface area (Å²) in [4.78, 5) is 32.2. The van der Waals surface area contributed by atoms with Crippen LogP contribution in [0.2, 0.25) is 0 Å². The topological polar surface area (TPSA) is 182 Å². The lowest BCUT2D eigenvalue weighted by atomic mass is 9.96. The van der Waals surface area contributed by atoms with E-state index < -0.39 is 55.4 Å². The molecule has 0 aromatic carbocycles. The average Bonchev–Trinajstić information content (AvgIpc) is 2.12. The van der Waals surface area contributed by atoms with Crippen molar-refractivity contribution in [3.63, 3.8) is 0 Å². The zero-order valence-electron chi connectivity index (χ0n) is 9.64. The molecule has 0 bridgehead atoms. The van der Waals surface area contributed by atoms with Gasteiger partial charge in [0.2, 0.25) is 0 Å². The minimum atomic E-state index is -3.05. The Balaban J connectivity index is 4.41. The van der Waals surface area contributed by atoms with Gasteiger partial charge in [-0.25, -0.2) is 4.79 Å². The van der Waals surface area contributed by atoms with Crippen molar-refractivity contribution in [1.29, 1.82) is 0 Å². The number of rotatable bonds is 8. The molecule has 0 saturated carbocycles. The third-order valence-corrected chi connectivity index (χ3v) is 1.98. The van der Waals surface area contributed by atoms with Crippen LogP contribution >= 0.6 is 0 Å². The summed E-state index contributed by atoms with van der Waals surface area (Å²) in [6, 6.07) is 0. The van der Waals surface area contributed by atoms with Crippen LogP contribution < -0.4 is 0 Å². The number of hydrogen-bond acceptors (Lipinski definition) is 8. The molecule has 10 heteroatoms. The van der Waals surface area contributed by atoms with Crippen molar-refractivity contribution in [3.8, 4) is 0 Å². The predicted octanol–water partition coefficient (Wildman–Crippen LogP) is -2.77. The van der Waals surface area contributed by atoms with Crippen molar-refractivity contribution in [1.82, 2.24) is 0 Å². The minimum Gasteiger partial charge on any atom is -0.481 e. The van der Waals surface area contributed by atoms with E-state index in [1.807, 2.05) is 0 Å². The molecule has 1 atom stereocenters. The molecule has 0 rings (SSSR count). The van der Waals surface area contributed by atoms with E-state index in [1.165, 1.54) is 0 Å². The van der Waals surface area contributed by atoms with Crippen LogP contribution in [0.25, 0.3) is 0 Å². The monoisotopic (exact) mass is 282 g/mol. The molecular formula is C9H14O10. The third-order valence-electron chi connectivity index (χ3n) is 1.98. The number of esters is 1. The molecule has 6 N–H and O–H groups in total. The smallest absolute Gasteiger partial charge is 0.336 e. The number of hydrogen-bond donors (Lipinski definition) is 6. The molecule has 0 aromatic heterocycles. The van der Waals surface area contributed by atoms with Crippen LogP contribution in [0.5, 0.6) is 0 Å². The van der Waals surface area contributed by atoms with E-state index in [0.717, 1.165) is 0 Å². The first-order valence-electron chi connectivity index (χ1n) is 4.96. The number of aliphatic carboxylic acids is 2. The van der Waals surface area contributed by atoms with Crippen LogP contribution in [0.15, 0.2) is 0 Å². The predicted molar refractivity (Wildman–Crippen MR) is 54.4 cm³/mol. The Morgan fingerprint density at radius 2 is 1.47 bits per heavy atom. The van der Waals surface area contributed by atoms with Gasteiger partial charge in [-0.2, -0.15) is 0 Å². The summed E-state index contributed by atoms with van der Waals surface area (Å²) < 4.78 is 4.31. The molecule has 0 spiro atoms. The van der Waals surface area contributed by atoms with Crippen molar-refractivity contribution in [2.75, 3.05) is 6.61 Å². The Hall–Kier alpha value is -1.75. The van der Waals surface area contributed by atoms with E-state index in [2.05, 4.69) is 4.74 Å². The fourth-order valence-corrected chi connectivity index (χ4v) is 1.06. The highest BCUT2D eigenvalue weighted by Gasteiger charge is 2.41. The third kappa shape index (κ3) is 7.31. The summed E-state index contributed by atoms with van der Waals surface area (Å²) in [5, 5.41) is 51.9. The quantitative estimate of drug-likeness (QED) is 0.201. The number of aliphatic hydroxyl groups is 4. The summed E-state index contributed by atoms with van der Waals surface area (Å²) >= 11 is 0. The van der Waals surface area contributed by atoms with Crippen LogP contribution in [0.3, 0.4) is 0 Å². The molecule has 0 amide bonds. The SMILES string of the molecule is O=C(O)CC(O)(CC(=O)OCCC(O)(O)O)C(=O)O. The van der Waals surface area contributed by atoms with Gasteiger partial charge in [-0.15, -0.1) is 0 Å². The van der Waals surface area contributed by atoms with E-state index in [4.69, 9.17) is 25.5 Å². The summed E-state index contributed by atoms with van der Waals surface area (Å²) in [6.07, 6.45) is -3.10. The summed E-state index contributed by atoms with van der Waals surface area (Å²) in [6.45, 7) is -0.662. The molecule has 1 unspecified atom stereocenters. The van der Waals surface area contributed by atoms with Gasteiger partial charge in [0.1, 0.15) is 0 Å². The molecule has 0 aliphatic heterocycles. The molecule has 19 heavy (non-hydrogen) atoms. The Morgan fingerprint density at radius 1 is 0.947 bits per heavy atom. The molecule has 0 heterocycles.